The van der Waals surface area contributed by atoms with Gasteiger partial charge < -0.3 is 4.90 Å². The van der Waals surface area contributed by atoms with Gasteiger partial charge in [0.1, 0.15) is 5.78 Å². The first-order chi connectivity index (χ1) is 7.70. The van der Waals surface area contributed by atoms with Gasteiger partial charge in [-0.25, -0.2) is 0 Å². The van der Waals surface area contributed by atoms with Crippen molar-refractivity contribution in [2.24, 2.45) is 11.8 Å². The zero-order valence-electron chi connectivity index (χ0n) is 9.61. The third kappa shape index (κ3) is 1.27. The Kier molecular flexibility index (Phi) is 2.16. The van der Waals surface area contributed by atoms with Crippen LogP contribution in [0.25, 0.3) is 0 Å². The minimum Gasteiger partial charge on any atom is -0.335 e. The number of carbonyl (C=O) groups is 2. The summed E-state index contributed by atoms with van der Waals surface area (Å²) < 4.78 is 0. The predicted octanol–water partition coefficient (Wildman–Crippen LogP) is 1.53. The van der Waals surface area contributed by atoms with Crippen molar-refractivity contribution in [2.75, 3.05) is 6.54 Å². The number of piperidine rings is 2. The van der Waals surface area contributed by atoms with Crippen molar-refractivity contribution in [3.8, 4) is 0 Å². The van der Waals surface area contributed by atoms with Gasteiger partial charge in [-0.05, 0) is 25.7 Å². The van der Waals surface area contributed by atoms with Crippen LogP contribution in [-0.2, 0) is 9.59 Å². The van der Waals surface area contributed by atoms with Crippen LogP contribution >= 0.6 is 0 Å². The number of hydrogen-bond acceptors (Lipinski definition) is 2. The lowest BCUT2D eigenvalue weighted by Gasteiger charge is -2.49. The molecule has 0 aromatic rings. The number of rotatable bonds is 0. The smallest absolute Gasteiger partial charge is 0.223 e. The number of Topliss-reactive ketones (excluding diaryl/α,β-unsaturated/α-hetero) is 1. The van der Waals surface area contributed by atoms with Crippen molar-refractivity contribution in [3.63, 3.8) is 0 Å². The van der Waals surface area contributed by atoms with Gasteiger partial charge in [0.25, 0.3) is 0 Å². The number of amides is 1. The van der Waals surface area contributed by atoms with E-state index in [0.29, 0.717) is 24.5 Å². The fourth-order valence-electron chi connectivity index (χ4n) is 3.64. The van der Waals surface area contributed by atoms with Crippen molar-refractivity contribution in [1.82, 2.24) is 4.90 Å². The highest BCUT2D eigenvalue weighted by atomic mass is 16.2. The molecule has 0 aromatic carbocycles. The van der Waals surface area contributed by atoms with Crippen LogP contribution in [-0.4, -0.2) is 29.2 Å². The van der Waals surface area contributed by atoms with Crippen LogP contribution in [0.15, 0.2) is 11.6 Å². The first kappa shape index (κ1) is 10.1. The predicted molar refractivity (Wildman–Crippen MR) is 59.7 cm³/mol. The maximum Gasteiger partial charge on any atom is 0.223 e. The highest BCUT2D eigenvalue weighted by Gasteiger charge is 2.49. The van der Waals surface area contributed by atoms with E-state index < -0.39 is 0 Å². The molecule has 3 atom stereocenters. The van der Waals surface area contributed by atoms with Crippen molar-refractivity contribution in [1.29, 1.82) is 0 Å². The van der Waals surface area contributed by atoms with E-state index in [-0.39, 0.29) is 17.9 Å². The lowest BCUT2D eigenvalue weighted by Crippen LogP contribution is -2.56. The highest BCUT2D eigenvalue weighted by Crippen LogP contribution is 2.44. The van der Waals surface area contributed by atoms with E-state index in [1.165, 1.54) is 5.57 Å². The summed E-state index contributed by atoms with van der Waals surface area (Å²) in [4.78, 5) is 26.0. The Labute approximate surface area is 95.5 Å². The molecule has 3 nitrogen and oxygen atoms in total. The zero-order valence-corrected chi connectivity index (χ0v) is 9.61. The van der Waals surface area contributed by atoms with E-state index in [4.69, 9.17) is 0 Å². The Balaban J connectivity index is 2.05. The number of carbonyl (C=O) groups excluding carboxylic acids is 2. The van der Waals surface area contributed by atoms with Crippen LogP contribution < -0.4 is 0 Å². The summed E-state index contributed by atoms with van der Waals surface area (Å²) in [6, 6.07) is 0.109. The molecular weight excluding hydrogens is 202 g/mol. The van der Waals surface area contributed by atoms with Crippen molar-refractivity contribution in [2.45, 2.75) is 38.6 Å². The minimum atomic E-state index is 0.102. The molecular formula is C13H17NO2. The minimum absolute atomic E-state index is 0.102. The summed E-state index contributed by atoms with van der Waals surface area (Å²) in [5, 5.41) is 0. The topological polar surface area (TPSA) is 37.4 Å². The van der Waals surface area contributed by atoms with Crippen LogP contribution in [0.2, 0.25) is 0 Å². The van der Waals surface area contributed by atoms with Gasteiger partial charge in [0, 0.05) is 25.3 Å². The molecule has 1 aliphatic carbocycles. The lowest BCUT2D eigenvalue weighted by atomic mass is 9.69. The van der Waals surface area contributed by atoms with E-state index in [2.05, 4.69) is 6.08 Å². The maximum atomic E-state index is 12.0. The van der Waals surface area contributed by atoms with Gasteiger partial charge in [-0.1, -0.05) is 11.6 Å². The number of ketones is 1. The molecule has 3 heterocycles. The van der Waals surface area contributed by atoms with Gasteiger partial charge in [-0.3, -0.25) is 9.59 Å². The SMILES string of the molecule is CC=C1CC2CC3C(=O)CCC(=O)N(C2)C13. The Hall–Kier alpha value is -1.12. The summed E-state index contributed by atoms with van der Waals surface area (Å²) in [7, 11) is 0. The Morgan fingerprint density at radius 1 is 1.31 bits per heavy atom. The second kappa shape index (κ2) is 3.44. The molecule has 0 radical (unpaired) electrons. The standard InChI is InChI=1S/C13H17NO2/c1-2-9-5-8-6-10-11(15)3-4-12(16)14(7-8)13(9)10/h2,8,10,13H,3-7H2,1H3. The van der Waals surface area contributed by atoms with Gasteiger partial charge in [0.2, 0.25) is 5.91 Å². The molecule has 1 saturated carbocycles. The molecule has 0 spiro atoms. The van der Waals surface area contributed by atoms with Gasteiger partial charge in [0.05, 0.1) is 6.04 Å². The maximum absolute atomic E-state index is 12.0. The molecule has 4 rings (SSSR count). The van der Waals surface area contributed by atoms with E-state index in [1.54, 1.807) is 0 Å². The van der Waals surface area contributed by atoms with Crippen LogP contribution in [0.4, 0.5) is 0 Å². The second-order valence-corrected chi connectivity index (χ2v) is 5.23. The largest absolute Gasteiger partial charge is 0.335 e. The quantitative estimate of drug-likeness (QED) is 0.579. The summed E-state index contributed by atoms with van der Waals surface area (Å²) >= 11 is 0. The highest BCUT2D eigenvalue weighted by molar-refractivity contribution is 5.91. The molecule has 3 unspecified atom stereocenters. The summed E-state index contributed by atoms with van der Waals surface area (Å²) in [5.74, 6) is 1.12. The number of hydrogen-bond donors (Lipinski definition) is 0. The van der Waals surface area contributed by atoms with E-state index >= 15 is 0 Å². The van der Waals surface area contributed by atoms with Crippen LogP contribution in [0.1, 0.15) is 32.6 Å². The molecule has 4 aliphatic rings. The van der Waals surface area contributed by atoms with Gasteiger partial charge in [-0.2, -0.15) is 0 Å². The molecule has 4 bridgehead atoms. The molecule has 3 aliphatic heterocycles. The van der Waals surface area contributed by atoms with Gasteiger partial charge in [0.15, 0.2) is 0 Å². The summed E-state index contributed by atoms with van der Waals surface area (Å²) in [6.07, 6.45) is 5.09. The van der Waals surface area contributed by atoms with E-state index in [9.17, 15) is 9.59 Å². The Bertz CT molecular complexity index is 359. The average molecular weight is 219 g/mol. The van der Waals surface area contributed by atoms with Gasteiger partial charge in [-0.15, -0.1) is 0 Å². The van der Waals surface area contributed by atoms with E-state index in [0.717, 1.165) is 19.4 Å². The van der Waals surface area contributed by atoms with Crippen LogP contribution in [0, 0.1) is 11.8 Å². The second-order valence-electron chi connectivity index (χ2n) is 5.23. The molecule has 1 amide bonds. The Morgan fingerprint density at radius 2 is 2.12 bits per heavy atom. The number of allylic oxidation sites excluding steroid dienone is 1. The van der Waals surface area contributed by atoms with Crippen molar-refractivity contribution >= 4 is 11.7 Å². The van der Waals surface area contributed by atoms with E-state index in [1.807, 2.05) is 11.8 Å². The first-order valence-electron chi connectivity index (χ1n) is 6.18. The van der Waals surface area contributed by atoms with Crippen LogP contribution in [0.3, 0.4) is 0 Å². The van der Waals surface area contributed by atoms with Crippen molar-refractivity contribution < 1.29 is 9.59 Å². The molecule has 4 fully saturated rings. The molecule has 0 aromatic heterocycles. The first-order valence-corrected chi connectivity index (χ1v) is 6.18. The molecule has 3 saturated heterocycles. The molecule has 0 N–H and O–H groups in total. The monoisotopic (exact) mass is 219 g/mol. The third-order valence-electron chi connectivity index (χ3n) is 4.35. The fraction of sp³-hybridized carbons (Fsp3) is 0.692. The lowest BCUT2D eigenvalue weighted by molar-refractivity contribution is -0.137. The Morgan fingerprint density at radius 3 is 2.88 bits per heavy atom. The summed E-state index contributed by atoms with van der Waals surface area (Å²) in [5.41, 5.74) is 1.32. The molecule has 86 valence electrons. The fourth-order valence-corrected chi connectivity index (χ4v) is 3.64. The molecule has 3 heteroatoms. The third-order valence-corrected chi connectivity index (χ3v) is 4.35. The average Bonchev–Trinajstić information content (AvgIpc) is 2.41. The van der Waals surface area contributed by atoms with Crippen LogP contribution in [0.5, 0.6) is 0 Å². The van der Waals surface area contributed by atoms with Crippen molar-refractivity contribution in [3.05, 3.63) is 11.6 Å². The number of fused-ring (bicyclic) bond motifs is 1. The van der Waals surface area contributed by atoms with Gasteiger partial charge >= 0.3 is 0 Å². The zero-order chi connectivity index (χ0) is 11.3. The summed E-state index contributed by atoms with van der Waals surface area (Å²) in [6.45, 7) is 2.91. The molecule has 16 heavy (non-hydrogen) atoms. The normalized spacial score (nSPS) is 40.4. The number of nitrogens with zero attached hydrogens (tertiary/aromatic N) is 1.